The van der Waals surface area contributed by atoms with E-state index in [1.807, 2.05) is 18.5 Å². The van der Waals surface area contributed by atoms with E-state index in [4.69, 9.17) is 16.0 Å². The Morgan fingerprint density at radius 1 is 1.35 bits per heavy atom. The highest BCUT2D eigenvalue weighted by Gasteiger charge is 2.13. The van der Waals surface area contributed by atoms with E-state index in [2.05, 4.69) is 37.3 Å². The molecular weight excluding hydrogens is 274 g/mol. The fourth-order valence-corrected chi connectivity index (χ4v) is 2.07. The molecular formula is C15H22ClN3O. The second-order valence-electron chi connectivity index (χ2n) is 6.13. The summed E-state index contributed by atoms with van der Waals surface area (Å²) in [7, 11) is 0. The van der Waals surface area contributed by atoms with E-state index in [1.165, 1.54) is 5.56 Å². The number of aryl methyl sites for hydroxylation is 1. The molecule has 0 aromatic carbocycles. The molecule has 1 N–H and O–H groups in total. The van der Waals surface area contributed by atoms with Crippen LogP contribution in [0.2, 0.25) is 5.02 Å². The molecule has 0 fully saturated rings. The van der Waals surface area contributed by atoms with Crippen molar-refractivity contribution in [3.8, 4) is 0 Å². The first kappa shape index (κ1) is 15.1. The molecule has 110 valence electrons. The molecule has 2 heterocycles. The summed E-state index contributed by atoms with van der Waals surface area (Å²) in [6, 6.07) is 2.09. The summed E-state index contributed by atoms with van der Waals surface area (Å²) in [6.07, 6.45) is 1.66. The highest BCUT2D eigenvalue weighted by atomic mass is 35.5. The first-order chi connectivity index (χ1) is 9.26. The van der Waals surface area contributed by atoms with Gasteiger partial charge in [-0.15, -0.1) is 0 Å². The Bertz CT molecular complexity index is 593. The monoisotopic (exact) mass is 295 g/mol. The number of nitrogens with zero attached hydrogens (tertiary/aromatic N) is 2. The summed E-state index contributed by atoms with van der Waals surface area (Å²) in [4.78, 5) is 0. The minimum absolute atomic E-state index is 0.0932. The van der Waals surface area contributed by atoms with Crippen LogP contribution < -0.4 is 5.32 Å². The Morgan fingerprint density at radius 3 is 2.60 bits per heavy atom. The zero-order chi connectivity index (χ0) is 14.9. The van der Waals surface area contributed by atoms with Crippen molar-refractivity contribution in [2.24, 2.45) is 0 Å². The van der Waals surface area contributed by atoms with Crippen LogP contribution in [0.4, 0.5) is 0 Å². The molecule has 0 saturated heterocycles. The molecule has 0 unspecified atom stereocenters. The zero-order valence-corrected chi connectivity index (χ0v) is 13.5. The van der Waals surface area contributed by atoms with E-state index in [1.54, 1.807) is 6.20 Å². The number of hydrogen-bond acceptors (Lipinski definition) is 3. The Hall–Kier alpha value is -1.26. The first-order valence-corrected chi connectivity index (χ1v) is 7.15. The van der Waals surface area contributed by atoms with Crippen molar-refractivity contribution in [1.29, 1.82) is 0 Å². The smallest absolute Gasteiger partial charge is 0.125 e. The average molecular weight is 296 g/mol. The summed E-state index contributed by atoms with van der Waals surface area (Å²) in [5.74, 6) is 1.85. The molecule has 0 atom stereocenters. The highest BCUT2D eigenvalue weighted by molar-refractivity contribution is 6.31. The number of furan rings is 1. The van der Waals surface area contributed by atoms with Gasteiger partial charge in [0, 0.05) is 17.6 Å². The van der Waals surface area contributed by atoms with Crippen LogP contribution in [0.1, 0.15) is 43.5 Å². The molecule has 0 radical (unpaired) electrons. The van der Waals surface area contributed by atoms with Gasteiger partial charge in [0.15, 0.2) is 0 Å². The van der Waals surface area contributed by atoms with Crippen LogP contribution in [0.3, 0.4) is 0 Å². The number of hydrogen-bond donors (Lipinski definition) is 1. The Labute approximate surface area is 125 Å². The maximum absolute atomic E-state index is 6.01. The SMILES string of the molecule is Cc1oc(Cn2ncc(Cl)c2C)cc1CNC(C)(C)C. The predicted molar refractivity (Wildman–Crippen MR) is 81.1 cm³/mol. The van der Waals surface area contributed by atoms with Gasteiger partial charge in [0.25, 0.3) is 0 Å². The fourth-order valence-electron chi connectivity index (χ4n) is 1.93. The van der Waals surface area contributed by atoms with Crippen molar-refractivity contribution in [3.63, 3.8) is 0 Å². The largest absolute Gasteiger partial charge is 0.464 e. The topological polar surface area (TPSA) is 43.0 Å². The van der Waals surface area contributed by atoms with Gasteiger partial charge in [-0.25, -0.2) is 0 Å². The molecule has 2 aromatic heterocycles. The third kappa shape index (κ3) is 3.64. The third-order valence-electron chi connectivity index (χ3n) is 3.23. The van der Waals surface area contributed by atoms with Crippen LogP contribution in [-0.2, 0) is 13.1 Å². The molecule has 4 nitrogen and oxygen atoms in total. The standard InChI is InChI=1S/C15H22ClN3O/c1-10-14(16)8-18-19(10)9-13-6-12(11(2)20-13)7-17-15(3,4)5/h6,8,17H,7,9H2,1-5H3. The second kappa shape index (κ2) is 5.62. The van der Waals surface area contributed by atoms with E-state index >= 15 is 0 Å². The summed E-state index contributed by atoms with van der Waals surface area (Å²) >= 11 is 6.01. The average Bonchev–Trinajstić information content (AvgIpc) is 2.83. The number of aromatic nitrogens is 2. The van der Waals surface area contributed by atoms with Gasteiger partial charge in [-0.3, -0.25) is 4.68 Å². The first-order valence-electron chi connectivity index (χ1n) is 6.77. The van der Waals surface area contributed by atoms with E-state index in [9.17, 15) is 0 Å². The minimum atomic E-state index is 0.0932. The lowest BCUT2D eigenvalue weighted by molar-refractivity contribution is 0.418. The number of rotatable bonds is 4. The summed E-state index contributed by atoms with van der Waals surface area (Å²) in [6.45, 7) is 11.8. The van der Waals surface area contributed by atoms with E-state index < -0.39 is 0 Å². The van der Waals surface area contributed by atoms with Gasteiger partial charge >= 0.3 is 0 Å². The zero-order valence-electron chi connectivity index (χ0n) is 12.7. The molecule has 0 amide bonds. The van der Waals surface area contributed by atoms with Gasteiger partial charge in [0.2, 0.25) is 0 Å². The molecule has 20 heavy (non-hydrogen) atoms. The van der Waals surface area contributed by atoms with Crippen LogP contribution in [0.5, 0.6) is 0 Å². The number of halogens is 1. The quantitative estimate of drug-likeness (QED) is 0.935. The molecule has 5 heteroatoms. The van der Waals surface area contributed by atoms with Crippen LogP contribution in [0.15, 0.2) is 16.7 Å². The van der Waals surface area contributed by atoms with Crippen molar-refractivity contribution in [2.75, 3.05) is 0 Å². The molecule has 0 spiro atoms. The van der Waals surface area contributed by atoms with Crippen molar-refractivity contribution in [2.45, 2.75) is 53.2 Å². The summed E-state index contributed by atoms with van der Waals surface area (Å²) < 4.78 is 7.65. The molecule has 0 aliphatic rings. The second-order valence-corrected chi connectivity index (χ2v) is 6.54. The van der Waals surface area contributed by atoms with Gasteiger partial charge in [-0.05, 0) is 40.7 Å². The van der Waals surface area contributed by atoms with Crippen molar-refractivity contribution in [1.82, 2.24) is 15.1 Å². The maximum atomic E-state index is 6.01. The van der Waals surface area contributed by atoms with E-state index in [0.717, 1.165) is 23.8 Å². The Morgan fingerprint density at radius 2 is 2.05 bits per heavy atom. The van der Waals surface area contributed by atoms with Crippen molar-refractivity contribution < 1.29 is 4.42 Å². The molecule has 0 bridgehead atoms. The van der Waals surface area contributed by atoms with Crippen LogP contribution in [0, 0.1) is 13.8 Å². The van der Waals surface area contributed by atoms with Crippen LogP contribution >= 0.6 is 11.6 Å². The van der Waals surface area contributed by atoms with Gasteiger partial charge in [-0.2, -0.15) is 5.10 Å². The van der Waals surface area contributed by atoms with Gasteiger partial charge in [-0.1, -0.05) is 11.6 Å². The summed E-state index contributed by atoms with van der Waals surface area (Å²) in [5, 5.41) is 8.40. The Balaban J connectivity index is 2.09. The number of nitrogens with one attached hydrogen (secondary N) is 1. The normalized spacial score (nSPS) is 12.1. The molecule has 2 rings (SSSR count). The molecule has 0 aliphatic heterocycles. The van der Waals surface area contributed by atoms with Crippen LogP contribution in [-0.4, -0.2) is 15.3 Å². The van der Waals surface area contributed by atoms with Crippen LogP contribution in [0.25, 0.3) is 0 Å². The van der Waals surface area contributed by atoms with Crippen molar-refractivity contribution in [3.05, 3.63) is 40.1 Å². The third-order valence-corrected chi connectivity index (χ3v) is 3.60. The maximum Gasteiger partial charge on any atom is 0.125 e. The van der Waals surface area contributed by atoms with E-state index in [0.29, 0.717) is 11.6 Å². The lowest BCUT2D eigenvalue weighted by Crippen LogP contribution is -2.35. The lowest BCUT2D eigenvalue weighted by atomic mass is 10.1. The van der Waals surface area contributed by atoms with Crippen molar-refractivity contribution >= 4 is 11.6 Å². The minimum Gasteiger partial charge on any atom is -0.464 e. The summed E-state index contributed by atoms with van der Waals surface area (Å²) in [5.41, 5.74) is 2.23. The van der Waals surface area contributed by atoms with Gasteiger partial charge in [0.1, 0.15) is 11.5 Å². The van der Waals surface area contributed by atoms with E-state index in [-0.39, 0.29) is 5.54 Å². The molecule has 2 aromatic rings. The Kier molecular flexibility index (Phi) is 4.25. The molecule has 0 saturated carbocycles. The lowest BCUT2D eigenvalue weighted by Gasteiger charge is -2.20. The highest BCUT2D eigenvalue weighted by Crippen LogP contribution is 2.19. The van der Waals surface area contributed by atoms with Gasteiger partial charge in [0.05, 0.1) is 23.5 Å². The van der Waals surface area contributed by atoms with Gasteiger partial charge < -0.3 is 9.73 Å². The fraction of sp³-hybridized carbons (Fsp3) is 0.533. The predicted octanol–water partition coefficient (Wildman–Crippen LogP) is 3.68. The molecule has 0 aliphatic carbocycles.